The molecule has 1 amide bonds. The smallest absolute Gasteiger partial charge is 0.308 e. The molecule has 8 heteroatoms. The molecule has 1 aromatic heterocycles. The lowest BCUT2D eigenvalue weighted by atomic mass is 10.2. The fourth-order valence-corrected chi connectivity index (χ4v) is 2.83. The van der Waals surface area contributed by atoms with E-state index < -0.39 is 11.9 Å². The van der Waals surface area contributed by atoms with E-state index >= 15 is 0 Å². The molecule has 0 radical (unpaired) electrons. The summed E-state index contributed by atoms with van der Waals surface area (Å²) >= 11 is 7.04. The van der Waals surface area contributed by atoms with Crippen LogP contribution in [0.25, 0.3) is 0 Å². The van der Waals surface area contributed by atoms with Gasteiger partial charge in [0.2, 0.25) is 0 Å². The van der Waals surface area contributed by atoms with Crippen LogP contribution in [0.3, 0.4) is 0 Å². The maximum Gasteiger partial charge on any atom is 0.308 e. The first-order chi connectivity index (χ1) is 11.4. The first kappa shape index (κ1) is 18.2. The van der Waals surface area contributed by atoms with Crippen molar-refractivity contribution in [1.82, 2.24) is 10.3 Å². The highest BCUT2D eigenvalue weighted by Crippen LogP contribution is 2.21. The maximum absolute atomic E-state index is 12.1. The van der Waals surface area contributed by atoms with Gasteiger partial charge in [0.25, 0.3) is 5.91 Å². The summed E-state index contributed by atoms with van der Waals surface area (Å²) in [5.41, 5.74) is 0.593. The normalized spacial score (nSPS) is 11.8. The summed E-state index contributed by atoms with van der Waals surface area (Å²) in [5, 5.41) is 12.7. The number of aryl methyl sites for hydroxylation is 1. The summed E-state index contributed by atoms with van der Waals surface area (Å²) in [4.78, 5) is 27.7. The number of carbonyl (C=O) groups is 2. The van der Waals surface area contributed by atoms with Crippen LogP contribution in [0.2, 0.25) is 5.02 Å². The lowest BCUT2D eigenvalue weighted by Gasteiger charge is -2.07. The number of ether oxygens (including phenoxy) is 1. The quantitative estimate of drug-likeness (QED) is 0.783. The number of nitrogens with one attached hydrogen (secondary N) is 1. The number of carboxylic acid groups (broad SMARTS) is 1. The molecule has 0 bridgehead atoms. The van der Waals surface area contributed by atoms with Gasteiger partial charge in [0.15, 0.2) is 0 Å². The van der Waals surface area contributed by atoms with E-state index in [1.807, 2.05) is 0 Å². The van der Waals surface area contributed by atoms with Crippen LogP contribution < -0.4 is 10.1 Å². The standard InChI is InChI=1S/C16H17ClN2O4S/c1-9(16(21)22)7-18-15(20)14-10(2)19-13(24-14)8-23-12-5-3-11(17)4-6-12/h3-6,9H,7-8H2,1-2H3,(H,18,20)(H,21,22). The van der Waals surface area contributed by atoms with Gasteiger partial charge in [-0.25, -0.2) is 4.98 Å². The molecule has 24 heavy (non-hydrogen) atoms. The number of aromatic nitrogens is 1. The first-order valence-electron chi connectivity index (χ1n) is 7.22. The van der Waals surface area contributed by atoms with Gasteiger partial charge in [0.05, 0.1) is 11.6 Å². The predicted molar refractivity (Wildman–Crippen MR) is 91.8 cm³/mol. The molecule has 1 aromatic carbocycles. The molecule has 6 nitrogen and oxygen atoms in total. The summed E-state index contributed by atoms with van der Waals surface area (Å²) in [5.74, 6) is -1.26. The van der Waals surface area contributed by atoms with E-state index in [2.05, 4.69) is 10.3 Å². The van der Waals surface area contributed by atoms with Crippen LogP contribution >= 0.6 is 22.9 Å². The van der Waals surface area contributed by atoms with Crippen molar-refractivity contribution in [3.63, 3.8) is 0 Å². The Morgan fingerprint density at radius 3 is 2.67 bits per heavy atom. The Bertz CT molecular complexity index is 730. The third kappa shape index (κ3) is 4.94. The van der Waals surface area contributed by atoms with Crippen molar-refractivity contribution in [3.8, 4) is 5.75 Å². The summed E-state index contributed by atoms with van der Waals surface area (Å²) in [6.07, 6.45) is 0. The van der Waals surface area contributed by atoms with Crippen molar-refractivity contribution in [1.29, 1.82) is 0 Å². The fourth-order valence-electron chi connectivity index (χ4n) is 1.81. The van der Waals surface area contributed by atoms with Gasteiger partial charge in [-0.1, -0.05) is 18.5 Å². The molecule has 2 N–H and O–H groups in total. The summed E-state index contributed by atoms with van der Waals surface area (Å²) < 4.78 is 5.60. The number of halogens is 1. The van der Waals surface area contributed by atoms with Gasteiger partial charge in [-0.3, -0.25) is 9.59 Å². The second-order valence-corrected chi connectivity index (χ2v) is 6.73. The van der Waals surface area contributed by atoms with E-state index in [1.54, 1.807) is 31.2 Å². The minimum Gasteiger partial charge on any atom is -0.486 e. The minimum atomic E-state index is -0.951. The van der Waals surface area contributed by atoms with E-state index in [4.69, 9.17) is 21.4 Å². The molecular formula is C16H17ClN2O4S. The number of hydrogen-bond donors (Lipinski definition) is 2. The van der Waals surface area contributed by atoms with Crippen LogP contribution in [0.4, 0.5) is 0 Å². The second kappa shape index (κ2) is 8.12. The van der Waals surface area contributed by atoms with Gasteiger partial charge >= 0.3 is 5.97 Å². The zero-order chi connectivity index (χ0) is 17.7. The predicted octanol–water partition coefficient (Wildman–Crippen LogP) is 3.13. The van der Waals surface area contributed by atoms with Crippen molar-refractivity contribution in [3.05, 3.63) is 44.9 Å². The van der Waals surface area contributed by atoms with Crippen molar-refractivity contribution >= 4 is 34.8 Å². The van der Waals surface area contributed by atoms with Crippen molar-refractivity contribution < 1.29 is 19.4 Å². The molecule has 2 aromatic rings. The molecule has 1 unspecified atom stereocenters. The number of aliphatic carboxylic acids is 1. The highest BCUT2D eigenvalue weighted by Gasteiger charge is 2.18. The van der Waals surface area contributed by atoms with Crippen LogP contribution in [-0.4, -0.2) is 28.5 Å². The van der Waals surface area contributed by atoms with Gasteiger partial charge in [-0.05, 0) is 31.2 Å². The molecule has 0 spiro atoms. The zero-order valence-electron chi connectivity index (χ0n) is 13.2. The first-order valence-corrected chi connectivity index (χ1v) is 8.42. The highest BCUT2D eigenvalue weighted by atomic mass is 35.5. The van der Waals surface area contributed by atoms with Crippen LogP contribution in [0.15, 0.2) is 24.3 Å². The Morgan fingerprint density at radius 2 is 2.04 bits per heavy atom. The van der Waals surface area contributed by atoms with Crippen LogP contribution in [0.5, 0.6) is 5.75 Å². The average Bonchev–Trinajstić information content (AvgIpc) is 2.92. The highest BCUT2D eigenvalue weighted by molar-refractivity contribution is 7.13. The number of amides is 1. The van der Waals surface area contributed by atoms with Crippen LogP contribution in [0, 0.1) is 12.8 Å². The van der Waals surface area contributed by atoms with Crippen LogP contribution in [-0.2, 0) is 11.4 Å². The van der Waals surface area contributed by atoms with Gasteiger partial charge in [0.1, 0.15) is 22.2 Å². The molecule has 128 valence electrons. The molecule has 0 saturated carbocycles. The van der Waals surface area contributed by atoms with Crippen molar-refractivity contribution in [2.45, 2.75) is 20.5 Å². The molecule has 2 rings (SSSR count). The van der Waals surface area contributed by atoms with E-state index in [0.29, 0.717) is 26.4 Å². The molecule has 0 saturated heterocycles. The number of hydrogen-bond acceptors (Lipinski definition) is 5. The molecular weight excluding hydrogens is 352 g/mol. The SMILES string of the molecule is Cc1nc(COc2ccc(Cl)cc2)sc1C(=O)NCC(C)C(=O)O. The average molecular weight is 369 g/mol. The van der Waals surface area contributed by atoms with Gasteiger partial charge in [0, 0.05) is 11.6 Å². The molecule has 0 aliphatic carbocycles. The van der Waals surface area contributed by atoms with E-state index in [0.717, 1.165) is 0 Å². The number of carbonyl (C=O) groups excluding carboxylic acids is 1. The molecule has 1 atom stereocenters. The molecule has 1 heterocycles. The minimum absolute atomic E-state index is 0.0715. The topological polar surface area (TPSA) is 88.5 Å². The summed E-state index contributed by atoms with van der Waals surface area (Å²) in [6, 6.07) is 6.96. The lowest BCUT2D eigenvalue weighted by molar-refractivity contribution is -0.140. The number of thiazole rings is 1. The van der Waals surface area contributed by atoms with E-state index in [1.165, 1.54) is 18.3 Å². The van der Waals surface area contributed by atoms with E-state index in [-0.39, 0.29) is 19.1 Å². The maximum atomic E-state index is 12.1. The monoisotopic (exact) mass is 368 g/mol. The Hall–Kier alpha value is -2.12. The zero-order valence-corrected chi connectivity index (χ0v) is 14.8. The van der Waals surface area contributed by atoms with Crippen LogP contribution in [0.1, 0.15) is 27.3 Å². The Kier molecular flexibility index (Phi) is 6.16. The second-order valence-electron chi connectivity index (χ2n) is 5.21. The number of rotatable bonds is 7. The Morgan fingerprint density at radius 1 is 1.38 bits per heavy atom. The summed E-state index contributed by atoms with van der Waals surface area (Å²) in [7, 11) is 0. The number of nitrogens with zero attached hydrogens (tertiary/aromatic N) is 1. The van der Waals surface area contributed by atoms with Crippen molar-refractivity contribution in [2.75, 3.05) is 6.54 Å². The largest absolute Gasteiger partial charge is 0.486 e. The van der Waals surface area contributed by atoms with E-state index in [9.17, 15) is 9.59 Å². The van der Waals surface area contributed by atoms with Crippen molar-refractivity contribution in [2.24, 2.45) is 5.92 Å². The molecule has 0 aliphatic heterocycles. The lowest BCUT2D eigenvalue weighted by Crippen LogP contribution is -2.31. The third-order valence-electron chi connectivity index (χ3n) is 3.21. The summed E-state index contributed by atoms with van der Waals surface area (Å²) in [6.45, 7) is 3.58. The van der Waals surface area contributed by atoms with Gasteiger partial charge in [-0.2, -0.15) is 0 Å². The Labute approximate surface area is 148 Å². The molecule has 0 aliphatic rings. The Balaban J connectivity index is 1.95. The third-order valence-corrected chi connectivity index (χ3v) is 4.60. The number of benzene rings is 1. The number of carboxylic acids is 1. The molecule has 0 fully saturated rings. The van der Waals surface area contributed by atoms with Gasteiger partial charge in [-0.15, -0.1) is 11.3 Å². The van der Waals surface area contributed by atoms with Gasteiger partial charge < -0.3 is 15.2 Å². The fraction of sp³-hybridized carbons (Fsp3) is 0.312.